The zero-order chi connectivity index (χ0) is 9.26. The largest absolute Gasteiger partial charge is 0.264 e. The predicted molar refractivity (Wildman–Crippen MR) is 55.8 cm³/mol. The van der Waals surface area contributed by atoms with Gasteiger partial charge >= 0.3 is 0 Å². The lowest BCUT2D eigenvalue weighted by Crippen LogP contribution is -1.86. The minimum atomic E-state index is 0.595. The topological polar surface area (TPSA) is 12.9 Å². The molecule has 0 radical (unpaired) electrons. The van der Waals surface area contributed by atoms with Gasteiger partial charge in [-0.3, -0.25) is 4.98 Å². The lowest BCUT2D eigenvalue weighted by atomic mass is 10.0. The molecule has 0 aliphatic heterocycles. The van der Waals surface area contributed by atoms with Crippen molar-refractivity contribution in [2.45, 2.75) is 19.8 Å². The lowest BCUT2D eigenvalue weighted by molar-refractivity contribution is 0.869. The maximum absolute atomic E-state index is 4.09. The predicted octanol–water partition coefficient (Wildman–Crippen LogP) is 3.36. The van der Waals surface area contributed by atoms with E-state index in [1.54, 1.807) is 0 Å². The van der Waals surface area contributed by atoms with E-state index in [0.717, 1.165) is 0 Å². The number of pyridine rings is 1. The van der Waals surface area contributed by atoms with Crippen LogP contribution in [0, 0.1) is 0 Å². The van der Waals surface area contributed by atoms with Crippen molar-refractivity contribution in [3.05, 3.63) is 42.2 Å². The minimum absolute atomic E-state index is 0.595. The third-order valence-electron chi connectivity index (χ3n) is 2.33. The first-order chi connectivity index (χ1) is 6.27. The van der Waals surface area contributed by atoms with Gasteiger partial charge in [0.2, 0.25) is 0 Å². The van der Waals surface area contributed by atoms with Crippen molar-refractivity contribution in [3.8, 4) is 0 Å². The molecule has 0 saturated heterocycles. The zero-order valence-corrected chi connectivity index (χ0v) is 7.99. The second-order valence-electron chi connectivity index (χ2n) is 3.64. The van der Waals surface area contributed by atoms with Crippen LogP contribution < -0.4 is 0 Å². The van der Waals surface area contributed by atoms with Crippen LogP contribution in [0.1, 0.15) is 25.3 Å². The van der Waals surface area contributed by atoms with E-state index in [2.05, 4.69) is 43.1 Å². The molecule has 0 bridgehead atoms. The van der Waals surface area contributed by atoms with Gasteiger partial charge < -0.3 is 0 Å². The Morgan fingerprint density at radius 3 is 2.69 bits per heavy atom. The number of aromatic nitrogens is 1. The van der Waals surface area contributed by atoms with Gasteiger partial charge in [0.05, 0.1) is 0 Å². The van der Waals surface area contributed by atoms with Gasteiger partial charge in [-0.05, 0) is 22.9 Å². The molecule has 0 atom stereocenters. The third-order valence-corrected chi connectivity index (χ3v) is 2.33. The molecule has 0 amide bonds. The van der Waals surface area contributed by atoms with E-state index in [9.17, 15) is 0 Å². The van der Waals surface area contributed by atoms with Crippen LogP contribution in [0.25, 0.3) is 10.8 Å². The summed E-state index contributed by atoms with van der Waals surface area (Å²) < 4.78 is 0. The van der Waals surface area contributed by atoms with Gasteiger partial charge in [0.25, 0.3) is 0 Å². The number of rotatable bonds is 1. The van der Waals surface area contributed by atoms with Gasteiger partial charge in [0, 0.05) is 17.8 Å². The van der Waals surface area contributed by atoms with Crippen LogP contribution in [0.2, 0.25) is 0 Å². The van der Waals surface area contributed by atoms with E-state index < -0.39 is 0 Å². The Hall–Kier alpha value is -1.37. The van der Waals surface area contributed by atoms with Crippen molar-refractivity contribution in [1.29, 1.82) is 0 Å². The molecule has 1 nitrogen and oxygen atoms in total. The molecular weight excluding hydrogens is 158 g/mol. The van der Waals surface area contributed by atoms with Gasteiger partial charge in [-0.2, -0.15) is 0 Å². The molecule has 1 heteroatoms. The summed E-state index contributed by atoms with van der Waals surface area (Å²) in [6.45, 7) is 4.42. The molecule has 2 rings (SSSR count). The third kappa shape index (κ3) is 1.55. The Kier molecular flexibility index (Phi) is 2.01. The van der Waals surface area contributed by atoms with E-state index >= 15 is 0 Å². The van der Waals surface area contributed by atoms with Crippen LogP contribution in [-0.2, 0) is 0 Å². The van der Waals surface area contributed by atoms with E-state index in [0.29, 0.717) is 5.92 Å². The summed E-state index contributed by atoms with van der Waals surface area (Å²) in [4.78, 5) is 4.09. The molecular formula is C12H13N. The molecule has 1 aromatic heterocycles. The van der Waals surface area contributed by atoms with Crippen LogP contribution in [0.3, 0.4) is 0 Å². The Bertz CT molecular complexity index is 418. The van der Waals surface area contributed by atoms with Crippen LogP contribution in [0.4, 0.5) is 0 Å². The van der Waals surface area contributed by atoms with E-state index in [-0.39, 0.29) is 0 Å². The van der Waals surface area contributed by atoms with Crippen molar-refractivity contribution in [2.24, 2.45) is 0 Å². The summed E-state index contributed by atoms with van der Waals surface area (Å²) >= 11 is 0. The molecule has 1 heterocycles. The number of benzene rings is 1. The van der Waals surface area contributed by atoms with Gasteiger partial charge in [-0.25, -0.2) is 0 Å². The summed E-state index contributed by atoms with van der Waals surface area (Å²) in [5.74, 6) is 0.595. The highest BCUT2D eigenvalue weighted by Gasteiger charge is 1.99. The fourth-order valence-electron chi connectivity index (χ4n) is 1.46. The Morgan fingerprint density at radius 2 is 1.92 bits per heavy atom. The molecule has 0 aliphatic carbocycles. The first-order valence-corrected chi connectivity index (χ1v) is 4.61. The fourth-order valence-corrected chi connectivity index (χ4v) is 1.46. The summed E-state index contributed by atoms with van der Waals surface area (Å²) in [7, 11) is 0. The molecule has 0 N–H and O–H groups in total. The van der Waals surface area contributed by atoms with Crippen molar-refractivity contribution >= 4 is 10.8 Å². The van der Waals surface area contributed by atoms with Crippen molar-refractivity contribution in [2.75, 3.05) is 0 Å². The number of nitrogens with zero attached hydrogens (tertiary/aromatic N) is 1. The van der Waals surface area contributed by atoms with Gasteiger partial charge in [0.1, 0.15) is 0 Å². The number of hydrogen-bond acceptors (Lipinski definition) is 1. The highest BCUT2D eigenvalue weighted by atomic mass is 14.6. The average Bonchev–Trinajstić information content (AvgIpc) is 2.17. The van der Waals surface area contributed by atoms with Gasteiger partial charge in [-0.1, -0.05) is 32.0 Å². The summed E-state index contributed by atoms with van der Waals surface area (Å²) in [6.07, 6.45) is 3.74. The summed E-state index contributed by atoms with van der Waals surface area (Å²) in [5, 5.41) is 2.49. The number of fused-ring (bicyclic) bond motifs is 1. The Balaban J connectivity index is 2.62. The second-order valence-corrected chi connectivity index (χ2v) is 3.64. The molecule has 2 aromatic rings. The molecule has 0 saturated carbocycles. The molecule has 1 aromatic carbocycles. The smallest absolute Gasteiger partial charge is 0.0346 e. The van der Waals surface area contributed by atoms with Crippen LogP contribution in [0.5, 0.6) is 0 Å². The van der Waals surface area contributed by atoms with Crippen LogP contribution in [0.15, 0.2) is 36.7 Å². The van der Waals surface area contributed by atoms with E-state index in [4.69, 9.17) is 0 Å². The first kappa shape index (κ1) is 8.24. The maximum Gasteiger partial charge on any atom is 0.0346 e. The maximum atomic E-state index is 4.09. The minimum Gasteiger partial charge on any atom is -0.264 e. The molecule has 66 valence electrons. The quantitative estimate of drug-likeness (QED) is 0.641. The highest BCUT2D eigenvalue weighted by Crippen LogP contribution is 2.20. The summed E-state index contributed by atoms with van der Waals surface area (Å²) in [6, 6.07) is 8.61. The van der Waals surface area contributed by atoms with Crippen LogP contribution >= 0.6 is 0 Å². The molecule has 0 fully saturated rings. The standard InChI is InChI=1S/C12H13N/c1-9(2)10-3-4-12-8-13-6-5-11(12)7-10/h3-9H,1-2H3. The zero-order valence-electron chi connectivity index (χ0n) is 7.99. The van der Waals surface area contributed by atoms with E-state index in [1.165, 1.54) is 16.3 Å². The summed E-state index contributed by atoms with van der Waals surface area (Å²) in [5.41, 5.74) is 1.39. The molecule has 0 unspecified atom stereocenters. The normalized spacial score (nSPS) is 11.0. The Labute approximate surface area is 78.4 Å². The van der Waals surface area contributed by atoms with Crippen molar-refractivity contribution in [3.63, 3.8) is 0 Å². The van der Waals surface area contributed by atoms with Crippen molar-refractivity contribution in [1.82, 2.24) is 4.98 Å². The Morgan fingerprint density at radius 1 is 1.08 bits per heavy atom. The second kappa shape index (κ2) is 3.17. The van der Waals surface area contributed by atoms with Gasteiger partial charge in [-0.15, -0.1) is 0 Å². The van der Waals surface area contributed by atoms with Crippen molar-refractivity contribution < 1.29 is 0 Å². The first-order valence-electron chi connectivity index (χ1n) is 4.61. The average molecular weight is 171 g/mol. The fraction of sp³-hybridized carbons (Fsp3) is 0.250. The lowest BCUT2D eigenvalue weighted by Gasteiger charge is -2.05. The molecule has 0 spiro atoms. The van der Waals surface area contributed by atoms with Crippen LogP contribution in [-0.4, -0.2) is 4.98 Å². The van der Waals surface area contributed by atoms with Gasteiger partial charge in [0.15, 0.2) is 0 Å². The SMILES string of the molecule is CC(C)c1ccc2cnccc2c1. The monoisotopic (exact) mass is 171 g/mol. The number of hydrogen-bond donors (Lipinski definition) is 0. The van der Waals surface area contributed by atoms with E-state index in [1.807, 2.05) is 12.4 Å². The molecule has 13 heavy (non-hydrogen) atoms. The molecule has 0 aliphatic rings. The highest BCUT2D eigenvalue weighted by molar-refractivity contribution is 5.82.